The van der Waals surface area contributed by atoms with Crippen molar-refractivity contribution in [3.05, 3.63) is 0 Å². The zero-order chi connectivity index (χ0) is 15.3. The molecular formula is C16H31N3O2. The molecule has 1 unspecified atom stereocenters. The van der Waals surface area contributed by atoms with Crippen LogP contribution in [0, 0.1) is 0 Å². The van der Waals surface area contributed by atoms with Crippen molar-refractivity contribution in [3.63, 3.8) is 0 Å². The summed E-state index contributed by atoms with van der Waals surface area (Å²) in [6.07, 6.45) is 5.08. The quantitative estimate of drug-likeness (QED) is 0.789. The number of hydrogen-bond donors (Lipinski definition) is 2. The molecule has 1 amide bonds. The highest BCUT2D eigenvalue weighted by Crippen LogP contribution is 2.30. The third-order valence-corrected chi connectivity index (χ3v) is 5.03. The van der Waals surface area contributed by atoms with Crippen LogP contribution in [0.5, 0.6) is 0 Å². The van der Waals surface area contributed by atoms with E-state index in [0.717, 1.165) is 51.9 Å². The molecule has 1 atom stereocenters. The summed E-state index contributed by atoms with van der Waals surface area (Å²) in [7, 11) is 2.15. The van der Waals surface area contributed by atoms with Crippen LogP contribution in [0.3, 0.4) is 0 Å². The lowest BCUT2D eigenvalue weighted by Crippen LogP contribution is -2.51. The molecule has 2 rings (SSSR count). The Morgan fingerprint density at radius 3 is 2.43 bits per heavy atom. The number of likely N-dealkylation sites (N-methyl/N-ethyl adjacent to an activating group) is 1. The highest BCUT2D eigenvalue weighted by molar-refractivity contribution is 5.77. The summed E-state index contributed by atoms with van der Waals surface area (Å²) < 4.78 is 0. The van der Waals surface area contributed by atoms with Crippen molar-refractivity contribution in [2.45, 2.75) is 57.1 Å². The van der Waals surface area contributed by atoms with E-state index in [1.165, 1.54) is 6.42 Å². The van der Waals surface area contributed by atoms with Crippen molar-refractivity contribution in [3.8, 4) is 0 Å². The molecule has 2 fully saturated rings. The Bertz CT molecular complexity index is 334. The van der Waals surface area contributed by atoms with Gasteiger partial charge < -0.3 is 15.3 Å². The van der Waals surface area contributed by atoms with E-state index in [2.05, 4.69) is 29.1 Å². The van der Waals surface area contributed by atoms with Crippen LogP contribution in [-0.2, 0) is 4.79 Å². The Balaban J connectivity index is 1.68. The molecular weight excluding hydrogens is 266 g/mol. The number of aliphatic hydroxyl groups is 1. The molecule has 1 aliphatic heterocycles. The first-order valence-electron chi connectivity index (χ1n) is 8.40. The monoisotopic (exact) mass is 297 g/mol. The molecule has 0 spiro atoms. The van der Waals surface area contributed by atoms with Crippen LogP contribution in [0.2, 0.25) is 0 Å². The van der Waals surface area contributed by atoms with Gasteiger partial charge in [0, 0.05) is 38.8 Å². The van der Waals surface area contributed by atoms with Crippen molar-refractivity contribution < 1.29 is 9.90 Å². The summed E-state index contributed by atoms with van der Waals surface area (Å²) in [4.78, 5) is 16.8. The number of nitrogens with one attached hydrogen (secondary N) is 1. The molecule has 1 aliphatic carbocycles. The van der Waals surface area contributed by atoms with Crippen LogP contribution in [0.25, 0.3) is 0 Å². The van der Waals surface area contributed by atoms with Gasteiger partial charge in [0.25, 0.3) is 0 Å². The minimum atomic E-state index is -0.751. The highest BCUT2D eigenvalue weighted by Gasteiger charge is 2.31. The molecule has 2 N–H and O–H groups in total. The Labute approximate surface area is 128 Å². The van der Waals surface area contributed by atoms with Crippen LogP contribution in [-0.4, -0.2) is 72.2 Å². The van der Waals surface area contributed by atoms with Crippen molar-refractivity contribution >= 4 is 5.91 Å². The van der Waals surface area contributed by atoms with Crippen LogP contribution in [0.4, 0.5) is 0 Å². The second-order valence-corrected chi connectivity index (χ2v) is 6.95. The van der Waals surface area contributed by atoms with Gasteiger partial charge in [-0.1, -0.05) is 19.3 Å². The van der Waals surface area contributed by atoms with Gasteiger partial charge in [0.05, 0.1) is 12.0 Å². The molecule has 1 saturated carbocycles. The predicted molar refractivity (Wildman–Crippen MR) is 84.2 cm³/mol. The Morgan fingerprint density at radius 2 is 1.81 bits per heavy atom. The van der Waals surface area contributed by atoms with Crippen molar-refractivity contribution in [1.29, 1.82) is 0 Å². The SMILES string of the molecule is CC(CNC(=O)CC1(O)CCCCC1)N1CCN(C)CC1. The predicted octanol–water partition coefficient (Wildman–Crippen LogP) is 0.824. The number of carbonyl (C=O) groups excluding carboxylic acids is 1. The summed E-state index contributed by atoms with van der Waals surface area (Å²) in [5.74, 6) is 0.000350. The first-order valence-corrected chi connectivity index (χ1v) is 8.40. The molecule has 1 saturated heterocycles. The van der Waals surface area contributed by atoms with Crippen LogP contribution >= 0.6 is 0 Å². The Kier molecular flexibility index (Phi) is 6.02. The smallest absolute Gasteiger partial charge is 0.222 e. The van der Waals surface area contributed by atoms with Crippen LogP contribution in [0.15, 0.2) is 0 Å². The lowest BCUT2D eigenvalue weighted by Gasteiger charge is -2.36. The van der Waals surface area contributed by atoms with E-state index in [0.29, 0.717) is 12.6 Å². The summed E-state index contributed by atoms with van der Waals surface area (Å²) in [5.41, 5.74) is -0.751. The molecule has 2 aliphatic rings. The summed E-state index contributed by atoms with van der Waals surface area (Å²) in [6, 6.07) is 0.364. The second-order valence-electron chi connectivity index (χ2n) is 6.95. The van der Waals surface area contributed by atoms with Gasteiger partial charge in [-0.05, 0) is 26.8 Å². The molecule has 0 aromatic heterocycles. The third kappa shape index (κ3) is 5.24. The molecule has 122 valence electrons. The third-order valence-electron chi connectivity index (χ3n) is 5.03. The summed E-state index contributed by atoms with van der Waals surface area (Å²) in [5, 5.41) is 13.4. The number of nitrogens with zero attached hydrogens (tertiary/aromatic N) is 2. The summed E-state index contributed by atoms with van der Waals surface area (Å²) >= 11 is 0. The van der Waals surface area contributed by atoms with E-state index in [1.54, 1.807) is 0 Å². The highest BCUT2D eigenvalue weighted by atomic mass is 16.3. The van der Waals surface area contributed by atoms with Crippen LogP contribution in [0.1, 0.15) is 45.4 Å². The van der Waals surface area contributed by atoms with E-state index in [-0.39, 0.29) is 12.3 Å². The van der Waals surface area contributed by atoms with Gasteiger partial charge in [-0.3, -0.25) is 9.69 Å². The molecule has 21 heavy (non-hydrogen) atoms. The van der Waals surface area contributed by atoms with E-state index in [9.17, 15) is 9.90 Å². The fourth-order valence-electron chi connectivity index (χ4n) is 3.40. The number of rotatable bonds is 5. The fourth-order valence-corrected chi connectivity index (χ4v) is 3.40. The molecule has 1 heterocycles. The van der Waals surface area contributed by atoms with Crippen LogP contribution < -0.4 is 5.32 Å². The normalized spacial score (nSPS) is 25.5. The topological polar surface area (TPSA) is 55.8 Å². The lowest BCUT2D eigenvalue weighted by atomic mass is 9.82. The Hall–Kier alpha value is -0.650. The first kappa shape index (κ1) is 16.7. The maximum Gasteiger partial charge on any atom is 0.222 e. The van der Waals surface area contributed by atoms with E-state index >= 15 is 0 Å². The minimum Gasteiger partial charge on any atom is -0.389 e. The van der Waals surface area contributed by atoms with Gasteiger partial charge in [0.1, 0.15) is 0 Å². The molecule has 5 heteroatoms. The van der Waals surface area contributed by atoms with Gasteiger partial charge >= 0.3 is 0 Å². The van der Waals surface area contributed by atoms with Gasteiger partial charge in [-0.25, -0.2) is 0 Å². The fraction of sp³-hybridized carbons (Fsp3) is 0.938. The average Bonchev–Trinajstić information content (AvgIpc) is 2.46. The number of carbonyl (C=O) groups is 1. The van der Waals surface area contributed by atoms with Gasteiger partial charge in [-0.15, -0.1) is 0 Å². The van der Waals surface area contributed by atoms with Gasteiger partial charge in [0.15, 0.2) is 0 Å². The first-order chi connectivity index (χ1) is 9.98. The van der Waals surface area contributed by atoms with E-state index < -0.39 is 5.60 Å². The number of piperazine rings is 1. The van der Waals surface area contributed by atoms with Crippen molar-refractivity contribution in [2.24, 2.45) is 0 Å². The summed E-state index contributed by atoms with van der Waals surface area (Å²) in [6.45, 7) is 7.17. The van der Waals surface area contributed by atoms with Gasteiger partial charge in [0.2, 0.25) is 5.91 Å². The molecule has 0 radical (unpaired) electrons. The lowest BCUT2D eigenvalue weighted by molar-refractivity contribution is -0.127. The molecule has 0 aromatic rings. The average molecular weight is 297 g/mol. The second kappa shape index (κ2) is 7.56. The molecule has 0 bridgehead atoms. The van der Waals surface area contributed by atoms with E-state index in [1.807, 2.05) is 0 Å². The van der Waals surface area contributed by atoms with Gasteiger partial charge in [-0.2, -0.15) is 0 Å². The van der Waals surface area contributed by atoms with E-state index in [4.69, 9.17) is 0 Å². The number of hydrogen-bond acceptors (Lipinski definition) is 4. The molecule has 0 aromatic carbocycles. The Morgan fingerprint density at radius 1 is 1.19 bits per heavy atom. The van der Waals surface area contributed by atoms with Crippen molar-refractivity contribution in [2.75, 3.05) is 39.8 Å². The zero-order valence-corrected chi connectivity index (χ0v) is 13.6. The maximum absolute atomic E-state index is 12.1. The standard InChI is InChI=1S/C16H31N3O2/c1-14(19-10-8-18(2)9-11-19)13-17-15(20)12-16(21)6-4-3-5-7-16/h14,21H,3-13H2,1-2H3,(H,17,20). The maximum atomic E-state index is 12.1. The number of amides is 1. The largest absolute Gasteiger partial charge is 0.389 e. The minimum absolute atomic E-state index is 0.000350. The van der Waals surface area contributed by atoms with Crippen molar-refractivity contribution in [1.82, 2.24) is 15.1 Å². The zero-order valence-electron chi connectivity index (χ0n) is 13.6. The molecule has 5 nitrogen and oxygen atoms in total.